The Kier molecular flexibility index (Phi) is 9.27. The molecule has 0 aliphatic rings. The molecule has 0 atom stereocenters. The molecule has 7 heteroatoms. The van der Waals surface area contributed by atoms with E-state index < -0.39 is 5.97 Å². The molecule has 0 aliphatic carbocycles. The number of ether oxygens (including phenoxy) is 2. The summed E-state index contributed by atoms with van der Waals surface area (Å²) >= 11 is 4.72. The molecule has 0 aliphatic heterocycles. The van der Waals surface area contributed by atoms with Gasteiger partial charge in [0, 0.05) is 27.1 Å². The number of carbonyl (C=O) groups is 2. The molecule has 0 saturated heterocycles. The smallest absolute Gasteiger partial charge is 0.341 e. The van der Waals surface area contributed by atoms with Gasteiger partial charge in [0.05, 0.1) is 13.2 Å². The van der Waals surface area contributed by atoms with Crippen LogP contribution in [0, 0.1) is 0 Å². The zero-order chi connectivity index (χ0) is 23.6. The number of anilines is 1. The first kappa shape index (κ1) is 24.7. The number of esters is 1. The van der Waals surface area contributed by atoms with Crippen molar-refractivity contribution in [3.8, 4) is 16.9 Å². The highest BCUT2D eigenvalue weighted by Gasteiger charge is 2.22. The van der Waals surface area contributed by atoms with Crippen molar-refractivity contribution in [3.05, 3.63) is 75.6 Å². The molecule has 0 spiro atoms. The van der Waals surface area contributed by atoms with Crippen molar-refractivity contribution in [1.29, 1.82) is 0 Å². The van der Waals surface area contributed by atoms with E-state index >= 15 is 0 Å². The maximum absolute atomic E-state index is 12.7. The molecule has 3 aromatic rings. The van der Waals surface area contributed by atoms with Crippen LogP contribution in [0.1, 0.15) is 42.6 Å². The zero-order valence-electron chi connectivity index (χ0n) is 18.6. The van der Waals surface area contributed by atoms with Crippen molar-refractivity contribution in [2.45, 2.75) is 26.7 Å². The Labute approximate surface area is 206 Å². The normalized spacial score (nSPS) is 10.9. The molecule has 0 saturated carbocycles. The van der Waals surface area contributed by atoms with E-state index in [1.165, 1.54) is 17.4 Å². The number of unbranched alkanes of at least 4 members (excludes halogenated alkanes) is 1. The van der Waals surface area contributed by atoms with E-state index in [0.29, 0.717) is 17.2 Å². The molecule has 0 radical (unpaired) electrons. The van der Waals surface area contributed by atoms with Gasteiger partial charge in [0.1, 0.15) is 16.3 Å². The summed E-state index contributed by atoms with van der Waals surface area (Å²) in [6, 6.07) is 15.2. The quantitative estimate of drug-likeness (QED) is 0.172. The summed E-state index contributed by atoms with van der Waals surface area (Å²) in [7, 11) is 0. The summed E-state index contributed by atoms with van der Waals surface area (Å²) in [4.78, 5) is 25.4. The van der Waals surface area contributed by atoms with Gasteiger partial charge in [0.2, 0.25) is 5.91 Å². The predicted octanol–water partition coefficient (Wildman–Crippen LogP) is 7.19. The van der Waals surface area contributed by atoms with Gasteiger partial charge >= 0.3 is 5.97 Å². The Hall–Kier alpha value is -2.90. The molecular weight excluding hydrogens is 502 g/mol. The number of para-hydroxylation sites is 1. The number of rotatable bonds is 10. The van der Waals surface area contributed by atoms with Crippen LogP contribution in [0.3, 0.4) is 0 Å². The van der Waals surface area contributed by atoms with Crippen LogP contribution in [0.4, 0.5) is 5.00 Å². The van der Waals surface area contributed by atoms with E-state index in [2.05, 4.69) is 28.2 Å². The van der Waals surface area contributed by atoms with Gasteiger partial charge < -0.3 is 14.8 Å². The number of nitrogens with one attached hydrogen (secondary N) is 1. The summed E-state index contributed by atoms with van der Waals surface area (Å²) in [5, 5.41) is 5.14. The molecule has 5 nitrogen and oxygen atoms in total. The fourth-order valence-electron chi connectivity index (χ4n) is 3.09. The SMILES string of the molecule is CCCCOc1ccccc1C=CC(=O)Nc1scc(-c2ccc(Br)cc2)c1C(=O)OCC. The fraction of sp³-hybridized carbons (Fsp3) is 0.231. The molecular formula is C26H26BrNO4S. The van der Waals surface area contributed by atoms with Crippen LogP contribution < -0.4 is 10.1 Å². The van der Waals surface area contributed by atoms with E-state index in [1.807, 2.05) is 53.9 Å². The maximum Gasteiger partial charge on any atom is 0.341 e. The predicted molar refractivity (Wildman–Crippen MR) is 138 cm³/mol. The number of carbonyl (C=O) groups excluding carboxylic acids is 2. The third-order valence-electron chi connectivity index (χ3n) is 4.75. The highest BCUT2D eigenvalue weighted by atomic mass is 79.9. The van der Waals surface area contributed by atoms with Crippen molar-refractivity contribution in [1.82, 2.24) is 0 Å². The summed E-state index contributed by atoms with van der Waals surface area (Å²) in [5.74, 6) is -0.0744. The minimum Gasteiger partial charge on any atom is -0.493 e. The van der Waals surface area contributed by atoms with E-state index in [0.717, 1.165) is 39.8 Å². The zero-order valence-corrected chi connectivity index (χ0v) is 21.0. The Bertz CT molecular complexity index is 1120. The largest absolute Gasteiger partial charge is 0.493 e. The van der Waals surface area contributed by atoms with E-state index in [1.54, 1.807) is 13.0 Å². The highest BCUT2D eigenvalue weighted by Crippen LogP contribution is 2.36. The second-order valence-corrected chi connectivity index (χ2v) is 8.94. The Morgan fingerprint density at radius 2 is 1.85 bits per heavy atom. The molecule has 0 fully saturated rings. The summed E-state index contributed by atoms with van der Waals surface area (Å²) in [5.41, 5.74) is 2.76. The number of hydrogen-bond donors (Lipinski definition) is 1. The van der Waals surface area contributed by atoms with Gasteiger partial charge in [0.15, 0.2) is 0 Å². The molecule has 1 N–H and O–H groups in total. The molecule has 172 valence electrons. The summed E-state index contributed by atoms with van der Waals surface area (Å²) in [6.07, 6.45) is 5.17. The maximum atomic E-state index is 12.7. The Balaban J connectivity index is 1.81. The summed E-state index contributed by atoms with van der Waals surface area (Å²) in [6.45, 7) is 4.74. The average molecular weight is 528 g/mol. The molecule has 1 amide bonds. The Morgan fingerprint density at radius 1 is 1.09 bits per heavy atom. The highest BCUT2D eigenvalue weighted by molar-refractivity contribution is 9.10. The molecule has 2 aromatic carbocycles. The van der Waals surface area contributed by atoms with Crippen molar-refractivity contribution in [2.75, 3.05) is 18.5 Å². The van der Waals surface area contributed by atoms with Crippen LogP contribution in [0.15, 0.2) is 64.5 Å². The van der Waals surface area contributed by atoms with Crippen molar-refractivity contribution >= 4 is 50.2 Å². The lowest BCUT2D eigenvalue weighted by Gasteiger charge is -2.09. The van der Waals surface area contributed by atoms with Crippen molar-refractivity contribution in [3.63, 3.8) is 0 Å². The van der Waals surface area contributed by atoms with Gasteiger partial charge in [0.25, 0.3) is 0 Å². The van der Waals surface area contributed by atoms with Crippen LogP contribution >= 0.6 is 27.3 Å². The first-order chi connectivity index (χ1) is 16.0. The molecule has 0 bridgehead atoms. The lowest BCUT2D eigenvalue weighted by molar-refractivity contribution is -0.111. The van der Waals surface area contributed by atoms with Crippen LogP contribution in [0.25, 0.3) is 17.2 Å². The second-order valence-electron chi connectivity index (χ2n) is 7.14. The fourth-order valence-corrected chi connectivity index (χ4v) is 4.32. The van der Waals surface area contributed by atoms with Crippen LogP contribution in [-0.4, -0.2) is 25.1 Å². The van der Waals surface area contributed by atoms with E-state index in [4.69, 9.17) is 9.47 Å². The monoisotopic (exact) mass is 527 g/mol. The third-order valence-corrected chi connectivity index (χ3v) is 6.18. The van der Waals surface area contributed by atoms with Gasteiger partial charge in [-0.05, 0) is 43.2 Å². The van der Waals surface area contributed by atoms with Gasteiger partial charge in [-0.3, -0.25) is 4.79 Å². The van der Waals surface area contributed by atoms with E-state index in [9.17, 15) is 9.59 Å². The van der Waals surface area contributed by atoms with Gasteiger partial charge in [-0.1, -0.05) is 59.6 Å². The van der Waals surface area contributed by atoms with Gasteiger partial charge in [-0.15, -0.1) is 11.3 Å². The lowest BCUT2D eigenvalue weighted by Crippen LogP contribution is -2.12. The van der Waals surface area contributed by atoms with Gasteiger partial charge in [-0.2, -0.15) is 0 Å². The third kappa shape index (κ3) is 6.79. The number of hydrogen-bond acceptors (Lipinski definition) is 5. The average Bonchev–Trinajstić information content (AvgIpc) is 3.22. The van der Waals surface area contributed by atoms with Crippen molar-refractivity contribution < 1.29 is 19.1 Å². The number of amides is 1. The van der Waals surface area contributed by atoms with Crippen molar-refractivity contribution in [2.24, 2.45) is 0 Å². The summed E-state index contributed by atoms with van der Waals surface area (Å²) < 4.78 is 12.0. The van der Waals surface area contributed by atoms with Crippen LogP contribution in [0.5, 0.6) is 5.75 Å². The molecule has 1 heterocycles. The lowest BCUT2D eigenvalue weighted by atomic mass is 10.0. The Morgan fingerprint density at radius 3 is 2.58 bits per heavy atom. The number of benzene rings is 2. The standard InChI is InChI=1S/C26H26BrNO4S/c1-3-5-16-32-22-9-7-6-8-19(22)12-15-23(29)28-25-24(26(30)31-4-2)21(17-33-25)18-10-13-20(27)14-11-18/h6-15,17H,3-5,16H2,1-2H3,(H,28,29). The molecule has 0 unspecified atom stereocenters. The van der Waals surface area contributed by atoms with E-state index in [-0.39, 0.29) is 12.5 Å². The molecule has 3 rings (SSSR count). The number of halogens is 1. The minimum absolute atomic E-state index is 0.247. The molecule has 33 heavy (non-hydrogen) atoms. The first-order valence-electron chi connectivity index (χ1n) is 10.8. The van der Waals surface area contributed by atoms with Crippen LogP contribution in [0.2, 0.25) is 0 Å². The molecule has 1 aromatic heterocycles. The first-order valence-corrected chi connectivity index (χ1v) is 12.5. The number of thiophene rings is 1. The minimum atomic E-state index is -0.467. The van der Waals surface area contributed by atoms with Crippen LogP contribution in [-0.2, 0) is 9.53 Å². The van der Waals surface area contributed by atoms with Gasteiger partial charge in [-0.25, -0.2) is 4.79 Å². The topological polar surface area (TPSA) is 64.6 Å². The second kappa shape index (κ2) is 12.4.